The number of aromatic nitrogens is 1. The van der Waals surface area contributed by atoms with Crippen LogP contribution in [0.4, 0.5) is 10.1 Å². The van der Waals surface area contributed by atoms with Crippen LogP contribution in [0, 0.1) is 5.82 Å². The Morgan fingerprint density at radius 2 is 2.10 bits per heavy atom. The molecule has 2 rings (SSSR count). The summed E-state index contributed by atoms with van der Waals surface area (Å²) in [6.45, 7) is 4.90. The Balaban J connectivity index is 2.86. The molecule has 0 amide bonds. The Bertz CT molecular complexity index is 737. The van der Waals surface area contributed by atoms with Crippen LogP contribution in [-0.2, 0) is 6.54 Å². The third-order valence-corrected chi connectivity index (χ3v) is 3.19. The van der Waals surface area contributed by atoms with Crippen molar-refractivity contribution >= 4 is 22.6 Å². The number of fused-ring (bicyclic) bond motifs is 1. The summed E-state index contributed by atoms with van der Waals surface area (Å²) in [6.07, 6.45) is 1.31. The van der Waals surface area contributed by atoms with E-state index in [2.05, 4.69) is 0 Å². The van der Waals surface area contributed by atoms with Crippen LogP contribution in [0.1, 0.15) is 24.2 Å². The average molecular weight is 279 g/mol. The maximum absolute atomic E-state index is 13.9. The van der Waals surface area contributed by atoms with E-state index < -0.39 is 17.2 Å². The molecule has 20 heavy (non-hydrogen) atoms. The molecule has 0 aliphatic heterocycles. The molecule has 0 atom stereocenters. The van der Waals surface area contributed by atoms with E-state index in [0.29, 0.717) is 24.3 Å². The molecule has 1 heterocycles. The highest BCUT2D eigenvalue weighted by atomic mass is 19.1. The number of carboxylic acids is 1. The molecule has 1 aromatic heterocycles. The molecule has 0 unspecified atom stereocenters. The predicted molar refractivity (Wildman–Crippen MR) is 72.9 cm³/mol. The summed E-state index contributed by atoms with van der Waals surface area (Å²) in [7, 11) is 0. The minimum atomic E-state index is -1.30. The Kier molecular flexibility index (Phi) is 3.85. The van der Waals surface area contributed by atoms with Crippen LogP contribution in [0.3, 0.4) is 0 Å². The van der Waals surface area contributed by atoms with Crippen molar-refractivity contribution in [3.8, 4) is 0 Å². The van der Waals surface area contributed by atoms with Gasteiger partial charge in [-0.2, -0.15) is 0 Å². The number of nitrogens with zero attached hydrogens (tertiary/aromatic N) is 1. The molecule has 0 aliphatic rings. The van der Waals surface area contributed by atoms with E-state index in [-0.39, 0.29) is 10.9 Å². The lowest BCUT2D eigenvalue weighted by atomic mass is 10.1. The molecule has 0 aliphatic carbocycles. The number of nitrogens with two attached hydrogens (primary N) is 1. The van der Waals surface area contributed by atoms with Gasteiger partial charge in [-0.05, 0) is 19.9 Å². The van der Waals surface area contributed by atoms with Gasteiger partial charge < -0.3 is 15.0 Å². The van der Waals surface area contributed by atoms with E-state index in [1.54, 1.807) is 16.0 Å². The molecule has 0 radical (unpaired) electrons. The molecule has 0 saturated carbocycles. The van der Waals surface area contributed by atoms with Gasteiger partial charge >= 0.3 is 5.97 Å². The average Bonchev–Trinajstić information content (AvgIpc) is 2.41. The van der Waals surface area contributed by atoms with Crippen molar-refractivity contribution in [1.29, 1.82) is 0 Å². The van der Waals surface area contributed by atoms with E-state index in [9.17, 15) is 14.0 Å². The lowest BCUT2D eigenvalue weighted by molar-refractivity contribution is -0.569. The minimum absolute atomic E-state index is 0.0949. The van der Waals surface area contributed by atoms with Crippen LogP contribution in [0.25, 0.3) is 10.9 Å². The van der Waals surface area contributed by atoms with Crippen LogP contribution < -0.4 is 10.7 Å². The van der Waals surface area contributed by atoms with Crippen molar-refractivity contribution in [1.82, 2.24) is 4.57 Å². The Labute approximate surface area is 114 Å². The third kappa shape index (κ3) is 2.30. The predicted octanol–water partition coefficient (Wildman–Crippen LogP) is 1.07. The SMILES string of the molecule is CC[NH2+]c1cc2c(cc1F)c(=O)c(C(=O)O)cn2CC. The first-order chi connectivity index (χ1) is 9.49. The normalized spacial score (nSPS) is 10.9. The topological polar surface area (TPSA) is 75.9 Å². The lowest BCUT2D eigenvalue weighted by Crippen LogP contribution is -2.77. The number of quaternary nitrogens is 1. The van der Waals surface area contributed by atoms with Crippen LogP contribution in [0.15, 0.2) is 23.1 Å². The third-order valence-electron chi connectivity index (χ3n) is 3.19. The molecule has 0 bridgehead atoms. The Hall–Kier alpha value is -2.21. The summed E-state index contributed by atoms with van der Waals surface area (Å²) in [6, 6.07) is 2.71. The minimum Gasteiger partial charge on any atom is -0.477 e. The van der Waals surface area contributed by atoms with Gasteiger partial charge in [-0.25, -0.2) is 9.18 Å². The molecule has 0 fully saturated rings. The number of carbonyl (C=O) groups is 1. The molecular weight excluding hydrogens is 263 g/mol. The largest absolute Gasteiger partial charge is 0.477 e. The van der Waals surface area contributed by atoms with E-state index >= 15 is 0 Å². The number of halogens is 1. The van der Waals surface area contributed by atoms with Crippen LogP contribution in [0.5, 0.6) is 0 Å². The van der Waals surface area contributed by atoms with Crippen molar-refractivity contribution in [2.75, 3.05) is 6.54 Å². The van der Waals surface area contributed by atoms with Gasteiger partial charge in [0.2, 0.25) is 5.43 Å². The molecule has 0 saturated heterocycles. The number of hydrogen-bond donors (Lipinski definition) is 2. The highest BCUT2D eigenvalue weighted by Crippen LogP contribution is 2.19. The number of benzene rings is 1. The van der Waals surface area contributed by atoms with Gasteiger partial charge in [0.15, 0.2) is 11.5 Å². The highest BCUT2D eigenvalue weighted by molar-refractivity contribution is 5.93. The first-order valence-electron chi connectivity index (χ1n) is 6.42. The number of aromatic carboxylic acids is 1. The molecule has 0 spiro atoms. The fourth-order valence-electron chi connectivity index (χ4n) is 2.22. The van der Waals surface area contributed by atoms with Gasteiger partial charge in [0.1, 0.15) is 5.56 Å². The number of aryl methyl sites for hydroxylation is 1. The fraction of sp³-hybridized carbons (Fsp3) is 0.286. The Morgan fingerprint density at radius 3 is 2.65 bits per heavy atom. The second kappa shape index (κ2) is 5.42. The lowest BCUT2D eigenvalue weighted by Gasteiger charge is -2.11. The Morgan fingerprint density at radius 1 is 1.40 bits per heavy atom. The quantitative estimate of drug-likeness (QED) is 0.822. The van der Waals surface area contributed by atoms with Gasteiger partial charge in [0.25, 0.3) is 0 Å². The molecule has 106 valence electrons. The van der Waals surface area contributed by atoms with Crippen molar-refractivity contribution in [2.45, 2.75) is 20.4 Å². The second-order valence-corrected chi connectivity index (χ2v) is 4.47. The molecule has 2 aromatic rings. The van der Waals surface area contributed by atoms with Crippen LogP contribution in [0.2, 0.25) is 0 Å². The number of rotatable bonds is 4. The van der Waals surface area contributed by atoms with E-state index in [0.717, 1.165) is 6.07 Å². The van der Waals surface area contributed by atoms with Crippen LogP contribution in [-0.4, -0.2) is 22.2 Å². The second-order valence-electron chi connectivity index (χ2n) is 4.47. The summed E-state index contributed by atoms with van der Waals surface area (Å²) >= 11 is 0. The fourth-order valence-corrected chi connectivity index (χ4v) is 2.22. The zero-order valence-electron chi connectivity index (χ0n) is 11.3. The number of pyridine rings is 1. The van der Waals surface area contributed by atoms with E-state index in [1.165, 1.54) is 6.20 Å². The molecule has 3 N–H and O–H groups in total. The summed E-state index contributed by atoms with van der Waals surface area (Å²) in [4.78, 5) is 23.2. The highest BCUT2D eigenvalue weighted by Gasteiger charge is 2.17. The van der Waals surface area contributed by atoms with Gasteiger partial charge in [-0.15, -0.1) is 0 Å². The summed E-state index contributed by atoms with van der Waals surface area (Å²) in [5, 5.41) is 10.9. The standard InChI is InChI=1S/C14H15FN2O3/c1-3-16-11-6-12-8(5-10(11)15)13(18)9(14(19)20)7-17(12)4-2/h5-7,16H,3-4H2,1-2H3,(H,19,20)/p+1. The zero-order chi connectivity index (χ0) is 14.9. The first kappa shape index (κ1) is 14.2. The van der Waals surface area contributed by atoms with E-state index in [1.807, 2.05) is 13.8 Å². The maximum atomic E-state index is 13.9. The summed E-state index contributed by atoms with van der Waals surface area (Å²) < 4.78 is 15.6. The smallest absolute Gasteiger partial charge is 0.341 e. The maximum Gasteiger partial charge on any atom is 0.341 e. The van der Waals surface area contributed by atoms with Crippen LogP contribution >= 0.6 is 0 Å². The number of carboxylic acid groups (broad SMARTS) is 1. The zero-order valence-corrected chi connectivity index (χ0v) is 11.3. The monoisotopic (exact) mass is 279 g/mol. The number of hydrogen-bond acceptors (Lipinski definition) is 2. The van der Waals surface area contributed by atoms with Gasteiger partial charge in [0, 0.05) is 24.2 Å². The van der Waals surface area contributed by atoms with Crippen molar-refractivity contribution in [3.63, 3.8) is 0 Å². The van der Waals surface area contributed by atoms with Crippen molar-refractivity contribution in [3.05, 3.63) is 39.9 Å². The van der Waals surface area contributed by atoms with Gasteiger partial charge in [0.05, 0.1) is 12.1 Å². The molecule has 6 heteroatoms. The molecule has 5 nitrogen and oxygen atoms in total. The van der Waals surface area contributed by atoms with Gasteiger partial charge in [-0.1, -0.05) is 0 Å². The molecular formula is C14H16FN2O3+. The summed E-state index contributed by atoms with van der Waals surface area (Å²) in [5.41, 5.74) is -0.0293. The first-order valence-corrected chi connectivity index (χ1v) is 6.42. The van der Waals surface area contributed by atoms with Gasteiger partial charge in [-0.3, -0.25) is 4.79 Å². The molecule has 1 aromatic carbocycles. The summed E-state index contributed by atoms with van der Waals surface area (Å²) in [5.74, 6) is -1.81. The van der Waals surface area contributed by atoms with E-state index in [4.69, 9.17) is 5.11 Å². The van der Waals surface area contributed by atoms with Crippen molar-refractivity contribution < 1.29 is 19.6 Å². The van der Waals surface area contributed by atoms with Crippen molar-refractivity contribution in [2.24, 2.45) is 0 Å².